The first kappa shape index (κ1) is 15.2. The van der Waals surface area contributed by atoms with Crippen LogP contribution in [-0.4, -0.2) is 19.1 Å². The molecule has 1 N–H and O–H groups in total. The molecule has 0 aliphatic heterocycles. The van der Waals surface area contributed by atoms with E-state index in [1.54, 1.807) is 18.4 Å². The van der Waals surface area contributed by atoms with Crippen LogP contribution in [0.25, 0.3) is 10.4 Å². The van der Waals surface area contributed by atoms with E-state index in [2.05, 4.69) is 36.5 Å². The maximum Gasteiger partial charge on any atom is 0.122 e. The molecule has 1 aromatic heterocycles. The zero-order valence-corrected chi connectivity index (χ0v) is 13.2. The number of nitrogens with zero attached hydrogens (tertiary/aromatic N) is 1. The highest BCUT2D eigenvalue weighted by atomic mass is 32.1. The minimum absolute atomic E-state index is 0.109. The predicted octanol–water partition coefficient (Wildman–Crippen LogP) is 4.02. The summed E-state index contributed by atoms with van der Waals surface area (Å²) in [6, 6.07) is 10.4. The van der Waals surface area contributed by atoms with Crippen molar-refractivity contribution in [3.8, 4) is 10.4 Å². The summed E-state index contributed by atoms with van der Waals surface area (Å²) in [7, 11) is 3.72. The van der Waals surface area contributed by atoms with Gasteiger partial charge in [-0.15, -0.1) is 11.3 Å². The summed E-state index contributed by atoms with van der Waals surface area (Å²) in [5, 5.41) is 4.28. The Hall–Kier alpha value is -1.23. The monoisotopic (exact) mass is 290 g/mol. The maximum atomic E-state index is 5.59. The summed E-state index contributed by atoms with van der Waals surface area (Å²) < 4.78 is 5.59. The fourth-order valence-corrected chi connectivity index (χ4v) is 3.41. The highest BCUT2D eigenvalue weighted by molar-refractivity contribution is 7.15. The van der Waals surface area contributed by atoms with Gasteiger partial charge in [-0.05, 0) is 19.0 Å². The van der Waals surface area contributed by atoms with E-state index in [0.717, 1.165) is 30.1 Å². The Morgan fingerprint density at radius 1 is 1.30 bits per heavy atom. The van der Waals surface area contributed by atoms with Crippen LogP contribution < -0.4 is 5.32 Å². The predicted molar refractivity (Wildman–Crippen MR) is 85.0 cm³/mol. The van der Waals surface area contributed by atoms with Crippen molar-refractivity contribution in [2.24, 2.45) is 0 Å². The minimum atomic E-state index is 0.109. The third-order valence-corrected chi connectivity index (χ3v) is 4.44. The number of hydrogen-bond donors (Lipinski definition) is 1. The zero-order valence-electron chi connectivity index (χ0n) is 12.3. The van der Waals surface area contributed by atoms with Crippen molar-refractivity contribution in [2.45, 2.75) is 32.4 Å². The smallest absolute Gasteiger partial charge is 0.122 e. The van der Waals surface area contributed by atoms with Crippen LogP contribution in [0.1, 0.15) is 36.6 Å². The van der Waals surface area contributed by atoms with Gasteiger partial charge in [0.15, 0.2) is 0 Å². The summed E-state index contributed by atoms with van der Waals surface area (Å²) in [6.45, 7) is 2.95. The SMILES string of the molecule is CCCC(OC)c1nc(CNC)c(-c2ccccc2)s1. The van der Waals surface area contributed by atoms with Crippen molar-refractivity contribution in [3.05, 3.63) is 41.0 Å². The van der Waals surface area contributed by atoms with Crippen LogP contribution in [0.4, 0.5) is 0 Å². The lowest BCUT2D eigenvalue weighted by Gasteiger charge is -2.10. The molecule has 0 spiro atoms. The van der Waals surface area contributed by atoms with Crippen molar-refractivity contribution in [2.75, 3.05) is 14.2 Å². The molecule has 2 rings (SSSR count). The largest absolute Gasteiger partial charge is 0.374 e. The van der Waals surface area contributed by atoms with Gasteiger partial charge in [-0.25, -0.2) is 4.98 Å². The van der Waals surface area contributed by atoms with Gasteiger partial charge in [-0.1, -0.05) is 43.7 Å². The lowest BCUT2D eigenvalue weighted by Crippen LogP contribution is -2.07. The van der Waals surface area contributed by atoms with Crippen molar-refractivity contribution in [1.82, 2.24) is 10.3 Å². The van der Waals surface area contributed by atoms with E-state index in [1.807, 2.05) is 13.1 Å². The summed E-state index contributed by atoms with van der Waals surface area (Å²) >= 11 is 1.75. The van der Waals surface area contributed by atoms with E-state index in [4.69, 9.17) is 9.72 Å². The summed E-state index contributed by atoms with van der Waals surface area (Å²) in [6.07, 6.45) is 2.22. The molecule has 20 heavy (non-hydrogen) atoms. The number of nitrogens with one attached hydrogen (secondary N) is 1. The normalized spacial score (nSPS) is 12.6. The van der Waals surface area contributed by atoms with Gasteiger partial charge in [-0.2, -0.15) is 0 Å². The molecule has 2 aromatic rings. The van der Waals surface area contributed by atoms with Gasteiger partial charge in [0.05, 0.1) is 10.6 Å². The Morgan fingerprint density at radius 2 is 2.05 bits per heavy atom. The number of benzene rings is 1. The molecule has 1 heterocycles. The van der Waals surface area contributed by atoms with Crippen molar-refractivity contribution in [3.63, 3.8) is 0 Å². The van der Waals surface area contributed by atoms with E-state index in [-0.39, 0.29) is 6.10 Å². The first-order valence-corrected chi connectivity index (χ1v) is 7.84. The molecule has 108 valence electrons. The van der Waals surface area contributed by atoms with Gasteiger partial charge in [0, 0.05) is 13.7 Å². The molecule has 1 aromatic carbocycles. The summed E-state index contributed by atoms with van der Waals surface area (Å²) in [4.78, 5) is 6.04. The fraction of sp³-hybridized carbons (Fsp3) is 0.438. The number of hydrogen-bond acceptors (Lipinski definition) is 4. The quantitative estimate of drug-likeness (QED) is 0.836. The Bertz CT molecular complexity index is 525. The Morgan fingerprint density at radius 3 is 2.65 bits per heavy atom. The minimum Gasteiger partial charge on any atom is -0.374 e. The van der Waals surface area contributed by atoms with Crippen molar-refractivity contribution in [1.29, 1.82) is 0 Å². The first-order valence-electron chi connectivity index (χ1n) is 7.02. The third-order valence-electron chi connectivity index (χ3n) is 3.20. The van der Waals surface area contributed by atoms with Crippen LogP contribution >= 0.6 is 11.3 Å². The second kappa shape index (κ2) is 7.53. The lowest BCUT2D eigenvalue weighted by molar-refractivity contribution is 0.0946. The van der Waals surface area contributed by atoms with Crippen LogP contribution in [0, 0.1) is 0 Å². The van der Waals surface area contributed by atoms with E-state index in [1.165, 1.54) is 10.4 Å². The summed E-state index contributed by atoms with van der Waals surface area (Å²) in [5.74, 6) is 0. The van der Waals surface area contributed by atoms with Crippen LogP contribution in [-0.2, 0) is 11.3 Å². The number of aromatic nitrogens is 1. The molecule has 0 amide bonds. The first-order chi connectivity index (χ1) is 9.80. The average Bonchev–Trinajstić information content (AvgIpc) is 2.90. The zero-order chi connectivity index (χ0) is 14.4. The Balaban J connectivity index is 2.37. The van der Waals surface area contributed by atoms with Gasteiger partial charge < -0.3 is 10.1 Å². The van der Waals surface area contributed by atoms with Gasteiger partial charge in [0.2, 0.25) is 0 Å². The number of thiazole rings is 1. The molecular weight excluding hydrogens is 268 g/mol. The molecule has 0 saturated carbocycles. The highest BCUT2D eigenvalue weighted by Gasteiger charge is 2.18. The highest BCUT2D eigenvalue weighted by Crippen LogP contribution is 2.35. The molecule has 0 aliphatic rings. The Labute approximate surface area is 125 Å². The number of methoxy groups -OCH3 is 1. The molecule has 0 saturated heterocycles. The lowest BCUT2D eigenvalue weighted by atomic mass is 10.1. The molecule has 3 nitrogen and oxygen atoms in total. The van der Waals surface area contributed by atoms with Crippen LogP contribution in [0.2, 0.25) is 0 Å². The van der Waals surface area contributed by atoms with Crippen LogP contribution in [0.15, 0.2) is 30.3 Å². The second-order valence-corrected chi connectivity index (χ2v) is 5.77. The number of ether oxygens (including phenoxy) is 1. The van der Waals surface area contributed by atoms with Gasteiger partial charge in [0.1, 0.15) is 11.1 Å². The average molecular weight is 290 g/mol. The van der Waals surface area contributed by atoms with Crippen molar-refractivity contribution < 1.29 is 4.74 Å². The fourth-order valence-electron chi connectivity index (χ4n) is 2.21. The number of rotatable bonds is 7. The van der Waals surface area contributed by atoms with E-state index in [0.29, 0.717) is 0 Å². The third kappa shape index (κ3) is 3.45. The standard InChI is InChI=1S/C16H22N2OS/c1-4-8-14(19-3)16-18-13(11-17-2)15(20-16)12-9-6-5-7-10-12/h5-7,9-10,14,17H,4,8,11H2,1-3H3. The maximum absolute atomic E-state index is 5.59. The van der Waals surface area contributed by atoms with Crippen LogP contribution in [0.3, 0.4) is 0 Å². The van der Waals surface area contributed by atoms with E-state index >= 15 is 0 Å². The topological polar surface area (TPSA) is 34.1 Å². The second-order valence-electron chi connectivity index (χ2n) is 4.74. The van der Waals surface area contributed by atoms with Gasteiger partial charge >= 0.3 is 0 Å². The van der Waals surface area contributed by atoms with E-state index < -0.39 is 0 Å². The van der Waals surface area contributed by atoms with Crippen LogP contribution in [0.5, 0.6) is 0 Å². The molecule has 0 bridgehead atoms. The molecule has 0 fully saturated rings. The Kier molecular flexibility index (Phi) is 5.71. The van der Waals surface area contributed by atoms with Gasteiger partial charge in [0.25, 0.3) is 0 Å². The molecule has 1 atom stereocenters. The van der Waals surface area contributed by atoms with Crippen molar-refractivity contribution >= 4 is 11.3 Å². The molecule has 1 unspecified atom stereocenters. The molecule has 4 heteroatoms. The molecule has 0 radical (unpaired) electrons. The molecular formula is C16H22N2OS. The summed E-state index contributed by atoms with van der Waals surface area (Å²) in [5.41, 5.74) is 2.34. The van der Waals surface area contributed by atoms with Gasteiger partial charge in [-0.3, -0.25) is 0 Å². The van der Waals surface area contributed by atoms with E-state index in [9.17, 15) is 0 Å². The molecule has 0 aliphatic carbocycles.